The molecule has 0 spiro atoms. The van der Waals surface area contributed by atoms with Crippen LogP contribution < -0.4 is 0 Å². The molecule has 0 fully saturated rings. The lowest BCUT2D eigenvalue weighted by Gasteiger charge is -2.13. The van der Waals surface area contributed by atoms with E-state index in [9.17, 15) is 4.79 Å². The van der Waals surface area contributed by atoms with Gasteiger partial charge in [-0.15, -0.1) is 0 Å². The average Bonchev–Trinajstić information content (AvgIpc) is 2.34. The average molecular weight is 244 g/mol. The van der Waals surface area contributed by atoms with Crippen LogP contribution in [0.3, 0.4) is 0 Å². The summed E-state index contributed by atoms with van der Waals surface area (Å²) in [6.45, 7) is 7.52. The maximum Gasteiger partial charge on any atom is 0.316 e. The summed E-state index contributed by atoms with van der Waals surface area (Å²) >= 11 is 0. The van der Waals surface area contributed by atoms with Gasteiger partial charge in [0, 0.05) is 5.57 Å². The van der Waals surface area contributed by atoms with Gasteiger partial charge in [-0.1, -0.05) is 43.0 Å². The van der Waals surface area contributed by atoms with E-state index in [0.29, 0.717) is 0 Å². The van der Waals surface area contributed by atoms with E-state index in [1.54, 1.807) is 0 Å². The summed E-state index contributed by atoms with van der Waals surface area (Å²) < 4.78 is 5.06. The summed E-state index contributed by atoms with van der Waals surface area (Å²) in [7, 11) is 0. The lowest BCUT2D eigenvalue weighted by molar-refractivity contribution is -0.146. The molecule has 2 nitrogen and oxygen atoms in total. The Hall–Kier alpha value is -1.79. The Morgan fingerprint density at radius 1 is 1.28 bits per heavy atom. The second kappa shape index (κ2) is 6.23. The zero-order chi connectivity index (χ0) is 13.6. The third-order valence-corrected chi connectivity index (χ3v) is 2.49. The zero-order valence-corrected chi connectivity index (χ0v) is 11.5. The van der Waals surface area contributed by atoms with Gasteiger partial charge in [0.05, 0.1) is 5.41 Å². The highest BCUT2D eigenvalue weighted by molar-refractivity contribution is 5.76. The first-order valence-corrected chi connectivity index (χ1v) is 6.15. The molecular formula is C16H20O2. The van der Waals surface area contributed by atoms with Crippen LogP contribution in [-0.4, -0.2) is 5.97 Å². The van der Waals surface area contributed by atoms with E-state index in [1.165, 1.54) is 6.26 Å². The fourth-order valence-electron chi connectivity index (χ4n) is 1.36. The summed E-state index contributed by atoms with van der Waals surface area (Å²) in [6, 6.07) is 9.97. The first kappa shape index (κ1) is 14.3. The summed E-state index contributed by atoms with van der Waals surface area (Å²) in [5.41, 5.74) is 4.67. The molecule has 0 aliphatic heterocycles. The Morgan fingerprint density at radius 3 is 2.39 bits per heavy atom. The predicted octanol–water partition coefficient (Wildman–Crippen LogP) is 4.18. The molecule has 1 rings (SSSR count). The Kier molecular flexibility index (Phi) is 4.94. The fraction of sp³-hybridized carbons (Fsp3) is 0.375. The van der Waals surface area contributed by atoms with E-state index in [4.69, 9.17) is 4.74 Å². The smallest absolute Gasteiger partial charge is 0.316 e. The Bertz CT molecular complexity index is 458. The van der Waals surface area contributed by atoms with Crippen LogP contribution in [0.1, 0.15) is 39.7 Å². The third-order valence-electron chi connectivity index (χ3n) is 2.49. The van der Waals surface area contributed by atoms with Gasteiger partial charge in [0.1, 0.15) is 6.26 Å². The van der Waals surface area contributed by atoms with E-state index >= 15 is 0 Å². The molecule has 0 heterocycles. The van der Waals surface area contributed by atoms with Gasteiger partial charge in [0.15, 0.2) is 0 Å². The summed E-state index contributed by atoms with van der Waals surface area (Å²) in [6.07, 6.45) is 2.20. The number of esters is 1. The van der Waals surface area contributed by atoms with Crippen molar-refractivity contribution in [2.75, 3.05) is 0 Å². The van der Waals surface area contributed by atoms with Gasteiger partial charge in [-0.05, 0) is 32.8 Å². The van der Waals surface area contributed by atoms with Crippen molar-refractivity contribution in [3.63, 3.8) is 0 Å². The lowest BCUT2D eigenvalue weighted by atomic mass is 9.97. The van der Waals surface area contributed by atoms with E-state index in [1.807, 2.05) is 51.1 Å². The second-order valence-electron chi connectivity index (χ2n) is 5.12. The topological polar surface area (TPSA) is 26.3 Å². The van der Waals surface area contributed by atoms with Crippen LogP contribution in [0.15, 0.2) is 42.3 Å². The van der Waals surface area contributed by atoms with Gasteiger partial charge in [-0.2, -0.15) is 0 Å². The molecular weight excluding hydrogens is 224 g/mol. The van der Waals surface area contributed by atoms with Crippen molar-refractivity contribution in [1.29, 1.82) is 0 Å². The highest BCUT2D eigenvalue weighted by atomic mass is 16.5. The predicted molar refractivity (Wildman–Crippen MR) is 73.8 cm³/mol. The van der Waals surface area contributed by atoms with E-state index < -0.39 is 5.41 Å². The maximum atomic E-state index is 11.6. The van der Waals surface area contributed by atoms with Crippen molar-refractivity contribution in [2.45, 2.75) is 34.1 Å². The normalized spacial score (nSPS) is 10.4. The highest BCUT2D eigenvalue weighted by Crippen LogP contribution is 2.17. The molecule has 2 heteroatoms. The van der Waals surface area contributed by atoms with Crippen molar-refractivity contribution in [3.8, 4) is 0 Å². The van der Waals surface area contributed by atoms with Crippen LogP contribution in [0.25, 0.3) is 5.57 Å². The van der Waals surface area contributed by atoms with Crippen LogP contribution in [0.2, 0.25) is 0 Å². The monoisotopic (exact) mass is 244 g/mol. The first-order chi connectivity index (χ1) is 8.45. The third kappa shape index (κ3) is 4.23. The van der Waals surface area contributed by atoms with Crippen molar-refractivity contribution < 1.29 is 9.53 Å². The van der Waals surface area contributed by atoms with Crippen LogP contribution in [-0.2, 0) is 9.53 Å². The second-order valence-corrected chi connectivity index (χ2v) is 5.12. The Balaban J connectivity index is 2.84. The molecule has 0 atom stereocenters. The number of carbonyl (C=O) groups excluding carboxylic acids is 1. The summed E-state index contributed by atoms with van der Waals surface area (Å²) in [4.78, 5) is 11.6. The molecule has 0 aliphatic rings. The van der Waals surface area contributed by atoms with E-state index in [0.717, 1.165) is 17.6 Å². The molecule has 0 aromatic heterocycles. The van der Waals surface area contributed by atoms with Crippen LogP contribution in [0.5, 0.6) is 0 Å². The minimum Gasteiger partial charge on any atom is -0.426 e. The Labute approximate surface area is 109 Å². The summed E-state index contributed by atoms with van der Waals surface area (Å²) in [5, 5.41) is 0. The van der Waals surface area contributed by atoms with Crippen LogP contribution in [0.4, 0.5) is 0 Å². The quantitative estimate of drug-likeness (QED) is 0.453. The van der Waals surface area contributed by atoms with Gasteiger partial charge < -0.3 is 4.74 Å². The molecule has 18 heavy (non-hydrogen) atoms. The molecule has 0 unspecified atom stereocenters. The number of ether oxygens (including phenoxy) is 1. The number of allylic oxidation sites excluding steroid dienone is 1. The van der Waals surface area contributed by atoms with Crippen molar-refractivity contribution >= 4 is 11.5 Å². The molecule has 0 saturated carbocycles. The number of benzene rings is 1. The molecule has 0 N–H and O–H groups in total. The molecule has 0 radical (unpaired) electrons. The Morgan fingerprint density at radius 2 is 1.89 bits per heavy atom. The van der Waals surface area contributed by atoms with E-state index in [2.05, 4.69) is 12.7 Å². The van der Waals surface area contributed by atoms with E-state index in [-0.39, 0.29) is 5.97 Å². The van der Waals surface area contributed by atoms with Crippen molar-refractivity contribution in [1.82, 2.24) is 0 Å². The number of hydrogen-bond donors (Lipinski definition) is 0. The standard InChI is InChI=1S/C16H20O2/c1-5-13(14-9-7-6-8-10-14)11-12-18-15(17)16(2,3)4/h6-10,12H,5H2,1-4H3. The van der Waals surface area contributed by atoms with Crippen LogP contribution >= 0.6 is 0 Å². The largest absolute Gasteiger partial charge is 0.426 e. The molecule has 1 aromatic carbocycles. The zero-order valence-electron chi connectivity index (χ0n) is 11.5. The minimum atomic E-state index is -0.489. The van der Waals surface area contributed by atoms with Gasteiger partial charge in [-0.25, -0.2) is 0 Å². The fourth-order valence-corrected chi connectivity index (χ4v) is 1.36. The van der Waals surface area contributed by atoms with Crippen molar-refractivity contribution in [3.05, 3.63) is 47.9 Å². The van der Waals surface area contributed by atoms with Crippen molar-refractivity contribution in [2.24, 2.45) is 5.41 Å². The van der Waals surface area contributed by atoms with Gasteiger partial charge in [-0.3, -0.25) is 4.79 Å². The number of carbonyl (C=O) groups is 1. The van der Waals surface area contributed by atoms with Crippen LogP contribution in [0, 0.1) is 5.41 Å². The number of rotatable bonds is 3. The van der Waals surface area contributed by atoms with Gasteiger partial charge in [0.2, 0.25) is 0 Å². The molecule has 1 aromatic rings. The van der Waals surface area contributed by atoms with Gasteiger partial charge >= 0.3 is 5.97 Å². The molecule has 0 aliphatic carbocycles. The minimum absolute atomic E-state index is 0.251. The first-order valence-electron chi connectivity index (χ1n) is 6.15. The summed E-state index contributed by atoms with van der Waals surface area (Å²) in [5.74, 6) is -0.251. The molecule has 96 valence electrons. The SMILES string of the molecule is CCC(=C=COC(=O)C(C)(C)C)c1ccccc1. The lowest BCUT2D eigenvalue weighted by Crippen LogP contribution is -2.20. The number of hydrogen-bond acceptors (Lipinski definition) is 2. The molecule has 0 amide bonds. The molecule has 0 bridgehead atoms. The maximum absolute atomic E-state index is 11.6. The van der Waals surface area contributed by atoms with Gasteiger partial charge in [0.25, 0.3) is 0 Å². The highest BCUT2D eigenvalue weighted by Gasteiger charge is 2.22. The molecule has 0 saturated heterocycles.